The van der Waals surface area contributed by atoms with E-state index >= 15 is 0 Å². The lowest BCUT2D eigenvalue weighted by atomic mass is 10.1. The van der Waals surface area contributed by atoms with Gasteiger partial charge in [0.2, 0.25) is 11.7 Å². The fourth-order valence-electron chi connectivity index (χ4n) is 2.47. The highest BCUT2D eigenvalue weighted by Gasteiger charge is 2.31. The normalized spacial score (nSPS) is 15.1. The Morgan fingerprint density at radius 3 is 2.77 bits per heavy atom. The monoisotopic (exact) mass is 303 g/mol. The van der Waals surface area contributed by atoms with E-state index in [0.717, 1.165) is 0 Å². The number of hydrogen-bond acceptors (Lipinski definition) is 6. The van der Waals surface area contributed by atoms with Crippen LogP contribution in [0.2, 0.25) is 0 Å². The second-order valence-corrected chi connectivity index (χ2v) is 5.55. The number of aromatic nitrogens is 1. The second kappa shape index (κ2) is 6.39. The molecule has 0 atom stereocenters. The van der Waals surface area contributed by atoms with Crippen molar-refractivity contribution >= 4 is 17.4 Å². The molecule has 2 rings (SSSR count). The van der Waals surface area contributed by atoms with Crippen molar-refractivity contribution in [1.82, 2.24) is 9.88 Å². The number of rotatable bonds is 4. The third-order valence-corrected chi connectivity index (χ3v) is 3.41. The van der Waals surface area contributed by atoms with Gasteiger partial charge in [-0.2, -0.15) is 5.26 Å². The van der Waals surface area contributed by atoms with Gasteiger partial charge in [0.1, 0.15) is 11.6 Å². The van der Waals surface area contributed by atoms with Crippen LogP contribution < -0.4 is 4.90 Å². The fraction of sp³-hybridized carbons (Fsp3) is 0.500. The van der Waals surface area contributed by atoms with E-state index in [4.69, 9.17) is 5.26 Å². The summed E-state index contributed by atoms with van der Waals surface area (Å²) in [7, 11) is 0. The van der Waals surface area contributed by atoms with Gasteiger partial charge in [0.25, 0.3) is 0 Å². The number of piperazine rings is 1. The highest BCUT2D eigenvalue weighted by Crippen LogP contribution is 2.29. The number of hydrogen-bond donors (Lipinski definition) is 0. The molecule has 1 fully saturated rings. The van der Waals surface area contributed by atoms with E-state index in [1.807, 2.05) is 13.8 Å². The maximum atomic E-state index is 12.2. The SMILES string of the molecule is CC(C)CN1CCN(c2nccc(C#N)c2[N+](=O)[O-])CC1=O. The molecule has 0 aromatic carbocycles. The van der Waals surface area contributed by atoms with Crippen molar-refractivity contribution in [1.29, 1.82) is 5.26 Å². The quantitative estimate of drug-likeness (QED) is 0.611. The summed E-state index contributed by atoms with van der Waals surface area (Å²) in [5.41, 5.74) is -0.387. The Balaban J connectivity index is 2.26. The van der Waals surface area contributed by atoms with Crippen molar-refractivity contribution in [3.8, 4) is 6.07 Å². The average Bonchev–Trinajstić information content (AvgIpc) is 2.47. The number of nitriles is 1. The number of nitrogens with zero attached hydrogens (tertiary/aromatic N) is 5. The number of carbonyl (C=O) groups is 1. The first-order valence-electron chi connectivity index (χ1n) is 7.00. The van der Waals surface area contributed by atoms with Crippen molar-refractivity contribution in [3.63, 3.8) is 0 Å². The average molecular weight is 303 g/mol. The molecule has 1 aromatic heterocycles. The zero-order valence-corrected chi connectivity index (χ0v) is 12.5. The van der Waals surface area contributed by atoms with Gasteiger partial charge in [-0.15, -0.1) is 0 Å². The number of pyridine rings is 1. The molecule has 22 heavy (non-hydrogen) atoms. The smallest absolute Gasteiger partial charge is 0.329 e. The Bertz CT molecular complexity index is 638. The van der Waals surface area contributed by atoms with Crippen molar-refractivity contribution in [3.05, 3.63) is 27.9 Å². The van der Waals surface area contributed by atoms with E-state index in [-0.39, 0.29) is 29.5 Å². The topological polar surface area (TPSA) is 103 Å². The molecule has 0 aliphatic carbocycles. The van der Waals surface area contributed by atoms with Crippen LogP contribution in [0.25, 0.3) is 0 Å². The van der Waals surface area contributed by atoms with E-state index in [0.29, 0.717) is 25.6 Å². The minimum Gasteiger partial charge on any atom is -0.340 e. The van der Waals surface area contributed by atoms with Gasteiger partial charge in [-0.1, -0.05) is 13.8 Å². The lowest BCUT2D eigenvalue weighted by Crippen LogP contribution is -2.51. The number of carbonyl (C=O) groups excluding carboxylic acids is 1. The van der Waals surface area contributed by atoms with E-state index in [1.54, 1.807) is 15.9 Å². The summed E-state index contributed by atoms with van der Waals surface area (Å²) in [5, 5.41) is 20.2. The van der Waals surface area contributed by atoms with Gasteiger partial charge in [-0.25, -0.2) is 4.98 Å². The first-order valence-corrected chi connectivity index (χ1v) is 7.00. The van der Waals surface area contributed by atoms with Crippen molar-refractivity contribution in [2.24, 2.45) is 5.92 Å². The van der Waals surface area contributed by atoms with Gasteiger partial charge >= 0.3 is 5.69 Å². The number of anilines is 1. The molecule has 0 bridgehead atoms. The molecule has 116 valence electrons. The molecule has 8 heteroatoms. The van der Waals surface area contributed by atoms with Crippen LogP contribution in [-0.4, -0.2) is 46.9 Å². The van der Waals surface area contributed by atoms with Crippen LogP contribution in [0.3, 0.4) is 0 Å². The van der Waals surface area contributed by atoms with Crippen molar-refractivity contribution < 1.29 is 9.72 Å². The van der Waals surface area contributed by atoms with Gasteiger partial charge in [-0.3, -0.25) is 14.9 Å². The largest absolute Gasteiger partial charge is 0.340 e. The van der Waals surface area contributed by atoms with E-state index in [1.165, 1.54) is 12.3 Å². The highest BCUT2D eigenvalue weighted by molar-refractivity contribution is 5.83. The van der Waals surface area contributed by atoms with Crippen molar-refractivity contribution in [2.45, 2.75) is 13.8 Å². The Morgan fingerprint density at radius 2 is 2.23 bits per heavy atom. The number of amides is 1. The zero-order valence-electron chi connectivity index (χ0n) is 12.5. The molecule has 8 nitrogen and oxygen atoms in total. The van der Waals surface area contributed by atoms with Gasteiger partial charge in [-0.05, 0) is 12.0 Å². The summed E-state index contributed by atoms with van der Waals surface area (Å²) in [6.45, 7) is 5.72. The highest BCUT2D eigenvalue weighted by atomic mass is 16.6. The summed E-state index contributed by atoms with van der Waals surface area (Å²) in [6, 6.07) is 3.10. The molecule has 1 aliphatic rings. The molecule has 0 N–H and O–H groups in total. The molecular weight excluding hydrogens is 286 g/mol. The molecule has 1 aromatic rings. The van der Waals surface area contributed by atoms with Gasteiger partial charge in [0.15, 0.2) is 0 Å². The Morgan fingerprint density at radius 1 is 1.50 bits per heavy atom. The third kappa shape index (κ3) is 3.14. The van der Waals surface area contributed by atoms with E-state index < -0.39 is 4.92 Å². The molecular formula is C14H17N5O3. The summed E-state index contributed by atoms with van der Waals surface area (Å²) in [6.07, 6.45) is 1.35. The molecule has 0 radical (unpaired) electrons. The van der Waals surface area contributed by atoms with Gasteiger partial charge in [0.05, 0.1) is 11.5 Å². The maximum absolute atomic E-state index is 12.2. The minimum atomic E-state index is -0.619. The predicted molar refractivity (Wildman–Crippen MR) is 79.2 cm³/mol. The second-order valence-electron chi connectivity index (χ2n) is 5.55. The summed E-state index contributed by atoms with van der Waals surface area (Å²) >= 11 is 0. The zero-order chi connectivity index (χ0) is 16.3. The Kier molecular flexibility index (Phi) is 4.56. The Hall–Kier alpha value is -2.69. The minimum absolute atomic E-state index is 0.0371. The molecule has 1 saturated heterocycles. The maximum Gasteiger partial charge on any atom is 0.329 e. The first-order chi connectivity index (χ1) is 10.4. The first kappa shape index (κ1) is 15.7. The summed E-state index contributed by atoms with van der Waals surface area (Å²) < 4.78 is 0. The standard InChI is InChI=1S/C14H17N5O3/c1-10(2)8-17-5-6-18(9-12(17)20)14-13(19(21)22)11(7-15)3-4-16-14/h3-4,10H,5-6,8-9H2,1-2H3. The number of nitro groups is 1. The lowest BCUT2D eigenvalue weighted by molar-refractivity contribution is -0.384. The van der Waals surface area contributed by atoms with Crippen LogP contribution in [0.5, 0.6) is 0 Å². The van der Waals surface area contributed by atoms with E-state index in [2.05, 4.69) is 4.98 Å². The van der Waals surface area contributed by atoms with Crippen LogP contribution in [0.1, 0.15) is 19.4 Å². The molecule has 1 aliphatic heterocycles. The van der Waals surface area contributed by atoms with Crippen LogP contribution in [0, 0.1) is 27.4 Å². The molecule has 0 unspecified atom stereocenters. The van der Waals surface area contributed by atoms with Crippen LogP contribution in [-0.2, 0) is 4.79 Å². The molecule has 0 spiro atoms. The molecule has 1 amide bonds. The van der Waals surface area contributed by atoms with Crippen molar-refractivity contribution in [2.75, 3.05) is 31.1 Å². The van der Waals surface area contributed by atoms with Crippen LogP contribution in [0.15, 0.2) is 12.3 Å². The Labute approximate surface area is 128 Å². The fourth-order valence-corrected chi connectivity index (χ4v) is 2.47. The summed E-state index contributed by atoms with van der Waals surface area (Å²) in [5.74, 6) is 0.366. The van der Waals surface area contributed by atoms with Gasteiger partial charge < -0.3 is 9.80 Å². The van der Waals surface area contributed by atoms with Gasteiger partial charge in [0, 0.05) is 25.8 Å². The lowest BCUT2D eigenvalue weighted by Gasteiger charge is -2.35. The summed E-state index contributed by atoms with van der Waals surface area (Å²) in [4.78, 5) is 30.1. The third-order valence-electron chi connectivity index (χ3n) is 3.41. The molecule has 2 heterocycles. The molecule has 0 saturated carbocycles. The van der Waals surface area contributed by atoms with E-state index in [9.17, 15) is 14.9 Å². The predicted octanol–water partition coefficient (Wildman–Crippen LogP) is 1.17. The van der Waals surface area contributed by atoms with Crippen LogP contribution >= 0.6 is 0 Å². The van der Waals surface area contributed by atoms with Crippen LogP contribution in [0.4, 0.5) is 11.5 Å².